The SMILES string of the molecule is CCNC(=NCc1c(CC)nn(C)c1CC)NC1CCN(CCOC)CC1.I. The summed E-state index contributed by atoms with van der Waals surface area (Å²) < 4.78 is 7.20. The second kappa shape index (κ2) is 13.4. The Kier molecular flexibility index (Phi) is 12.0. The van der Waals surface area contributed by atoms with Crippen LogP contribution in [0.25, 0.3) is 0 Å². The lowest BCUT2D eigenvalue weighted by atomic mass is 10.1. The summed E-state index contributed by atoms with van der Waals surface area (Å²) in [5.74, 6) is 0.917. The van der Waals surface area contributed by atoms with Gasteiger partial charge in [0, 0.05) is 57.6 Å². The van der Waals surface area contributed by atoms with Gasteiger partial charge in [-0.1, -0.05) is 13.8 Å². The molecule has 1 aliphatic rings. The van der Waals surface area contributed by atoms with Gasteiger partial charge >= 0.3 is 0 Å². The maximum Gasteiger partial charge on any atom is 0.191 e. The fraction of sp³-hybridized carbons (Fsp3) is 0.800. The van der Waals surface area contributed by atoms with Gasteiger partial charge in [0.1, 0.15) is 0 Å². The third-order valence-corrected chi connectivity index (χ3v) is 5.31. The average molecular weight is 506 g/mol. The summed E-state index contributed by atoms with van der Waals surface area (Å²) in [7, 11) is 3.80. The predicted octanol–water partition coefficient (Wildman–Crippen LogP) is 2.33. The normalized spacial score (nSPS) is 16.1. The first-order chi connectivity index (χ1) is 13.1. The Bertz CT molecular complexity index is 596. The van der Waals surface area contributed by atoms with E-state index in [2.05, 4.69) is 41.4 Å². The number of hydrogen-bond donors (Lipinski definition) is 2. The summed E-state index contributed by atoms with van der Waals surface area (Å²) in [6, 6.07) is 0.479. The molecule has 162 valence electrons. The molecule has 0 amide bonds. The zero-order chi connectivity index (χ0) is 19.6. The van der Waals surface area contributed by atoms with Gasteiger partial charge in [-0.3, -0.25) is 4.68 Å². The van der Waals surface area contributed by atoms with E-state index in [9.17, 15) is 0 Å². The van der Waals surface area contributed by atoms with Gasteiger partial charge in [0.2, 0.25) is 0 Å². The molecule has 0 saturated carbocycles. The highest BCUT2D eigenvalue weighted by atomic mass is 127. The van der Waals surface area contributed by atoms with Crippen LogP contribution in [0.4, 0.5) is 0 Å². The first kappa shape index (κ1) is 25.2. The summed E-state index contributed by atoms with van der Waals surface area (Å²) in [5.41, 5.74) is 3.74. The summed E-state index contributed by atoms with van der Waals surface area (Å²) >= 11 is 0. The number of nitrogens with zero attached hydrogens (tertiary/aromatic N) is 4. The smallest absolute Gasteiger partial charge is 0.191 e. The number of methoxy groups -OCH3 is 1. The molecular formula is C20H39IN6O. The van der Waals surface area contributed by atoms with Crippen molar-refractivity contribution in [3.8, 4) is 0 Å². The van der Waals surface area contributed by atoms with E-state index in [1.54, 1.807) is 7.11 Å². The molecule has 0 unspecified atom stereocenters. The monoisotopic (exact) mass is 506 g/mol. The molecule has 0 radical (unpaired) electrons. The first-order valence-corrected chi connectivity index (χ1v) is 10.4. The molecule has 2 heterocycles. The number of ether oxygens (including phenoxy) is 1. The van der Waals surface area contributed by atoms with Gasteiger partial charge in [0.05, 0.1) is 18.8 Å². The van der Waals surface area contributed by atoms with Crippen molar-refractivity contribution in [1.29, 1.82) is 0 Å². The van der Waals surface area contributed by atoms with E-state index in [1.807, 2.05) is 11.7 Å². The fourth-order valence-electron chi connectivity index (χ4n) is 3.77. The van der Waals surface area contributed by atoms with Crippen molar-refractivity contribution in [2.75, 3.05) is 39.9 Å². The van der Waals surface area contributed by atoms with Crippen LogP contribution in [0.1, 0.15) is 50.6 Å². The Balaban J connectivity index is 0.00000392. The van der Waals surface area contributed by atoms with Gasteiger partial charge in [-0.05, 0) is 32.6 Å². The molecule has 1 saturated heterocycles. The van der Waals surface area contributed by atoms with Crippen LogP contribution in [0.2, 0.25) is 0 Å². The average Bonchev–Trinajstić information content (AvgIpc) is 3.00. The van der Waals surface area contributed by atoms with Gasteiger partial charge in [-0.2, -0.15) is 5.10 Å². The Morgan fingerprint density at radius 1 is 1.21 bits per heavy atom. The molecule has 8 heteroatoms. The van der Waals surface area contributed by atoms with E-state index in [4.69, 9.17) is 9.73 Å². The number of hydrogen-bond acceptors (Lipinski definition) is 4. The Morgan fingerprint density at radius 2 is 1.93 bits per heavy atom. The van der Waals surface area contributed by atoms with E-state index in [-0.39, 0.29) is 24.0 Å². The first-order valence-electron chi connectivity index (χ1n) is 10.4. The summed E-state index contributed by atoms with van der Waals surface area (Å²) in [6.45, 7) is 12.1. The Hall–Kier alpha value is -0.870. The number of aliphatic imine (C=N–C) groups is 1. The van der Waals surface area contributed by atoms with Crippen molar-refractivity contribution in [3.05, 3.63) is 17.0 Å². The minimum absolute atomic E-state index is 0. The molecule has 0 aromatic carbocycles. The highest BCUT2D eigenvalue weighted by Crippen LogP contribution is 2.17. The standard InChI is InChI=1S/C20H38N6O.HI/c1-6-18-17(19(7-2)25(4)24-18)15-22-20(21-8-3)23-16-9-11-26(12-10-16)13-14-27-5;/h16H,6-15H2,1-5H3,(H2,21,22,23);1H. The maximum absolute atomic E-state index is 5.19. The molecule has 0 bridgehead atoms. The minimum atomic E-state index is 0. The molecule has 0 atom stereocenters. The molecule has 1 aromatic rings. The summed E-state index contributed by atoms with van der Waals surface area (Å²) in [5, 5.41) is 11.7. The van der Waals surface area contributed by atoms with Crippen LogP contribution in [-0.4, -0.2) is 66.6 Å². The molecule has 28 heavy (non-hydrogen) atoms. The van der Waals surface area contributed by atoms with Gasteiger partial charge in [-0.25, -0.2) is 4.99 Å². The second-order valence-corrected chi connectivity index (χ2v) is 7.15. The minimum Gasteiger partial charge on any atom is -0.383 e. The lowest BCUT2D eigenvalue weighted by Gasteiger charge is -2.32. The van der Waals surface area contributed by atoms with E-state index in [0.29, 0.717) is 12.6 Å². The van der Waals surface area contributed by atoms with Crippen LogP contribution >= 0.6 is 24.0 Å². The van der Waals surface area contributed by atoms with E-state index >= 15 is 0 Å². The number of aromatic nitrogens is 2. The molecule has 1 fully saturated rings. The number of guanidine groups is 1. The lowest BCUT2D eigenvalue weighted by Crippen LogP contribution is -2.49. The third-order valence-electron chi connectivity index (χ3n) is 5.31. The summed E-state index contributed by atoms with van der Waals surface area (Å²) in [6.07, 6.45) is 4.21. The molecule has 7 nitrogen and oxygen atoms in total. The molecule has 0 aliphatic carbocycles. The molecule has 1 aliphatic heterocycles. The van der Waals surface area contributed by atoms with Crippen LogP contribution in [0.15, 0.2) is 4.99 Å². The topological polar surface area (TPSA) is 66.7 Å². The zero-order valence-corrected chi connectivity index (χ0v) is 20.6. The van der Waals surface area contributed by atoms with Crippen molar-refractivity contribution in [2.24, 2.45) is 12.0 Å². The van der Waals surface area contributed by atoms with Crippen molar-refractivity contribution in [1.82, 2.24) is 25.3 Å². The largest absolute Gasteiger partial charge is 0.383 e. The molecule has 2 rings (SSSR count). The van der Waals surface area contributed by atoms with Gasteiger partial charge < -0.3 is 20.3 Å². The molecule has 2 N–H and O–H groups in total. The van der Waals surface area contributed by atoms with E-state index < -0.39 is 0 Å². The molecule has 1 aromatic heterocycles. The van der Waals surface area contributed by atoms with E-state index in [0.717, 1.165) is 64.4 Å². The van der Waals surface area contributed by atoms with Crippen LogP contribution in [0.5, 0.6) is 0 Å². The molecule has 0 spiro atoms. The van der Waals surface area contributed by atoms with Crippen molar-refractivity contribution < 1.29 is 4.74 Å². The van der Waals surface area contributed by atoms with E-state index in [1.165, 1.54) is 17.0 Å². The third kappa shape index (κ3) is 7.18. The Labute approximate surface area is 187 Å². The van der Waals surface area contributed by atoms with Crippen molar-refractivity contribution in [3.63, 3.8) is 0 Å². The highest BCUT2D eigenvalue weighted by Gasteiger charge is 2.20. The quantitative estimate of drug-likeness (QED) is 0.306. The van der Waals surface area contributed by atoms with Crippen molar-refractivity contribution >= 4 is 29.9 Å². The van der Waals surface area contributed by atoms with Gasteiger partial charge in [0.25, 0.3) is 0 Å². The number of rotatable bonds is 9. The zero-order valence-electron chi connectivity index (χ0n) is 18.3. The van der Waals surface area contributed by atoms with Gasteiger partial charge in [-0.15, -0.1) is 24.0 Å². The van der Waals surface area contributed by atoms with Crippen LogP contribution in [0.3, 0.4) is 0 Å². The van der Waals surface area contributed by atoms with Crippen LogP contribution in [0, 0.1) is 0 Å². The van der Waals surface area contributed by atoms with Crippen molar-refractivity contribution in [2.45, 2.75) is 59.0 Å². The highest BCUT2D eigenvalue weighted by molar-refractivity contribution is 14.0. The Morgan fingerprint density at radius 3 is 2.50 bits per heavy atom. The number of likely N-dealkylation sites (tertiary alicyclic amines) is 1. The predicted molar refractivity (Wildman–Crippen MR) is 127 cm³/mol. The number of aryl methyl sites for hydroxylation is 2. The number of halogens is 1. The maximum atomic E-state index is 5.19. The molecular weight excluding hydrogens is 467 g/mol. The van der Waals surface area contributed by atoms with Gasteiger partial charge in [0.15, 0.2) is 5.96 Å². The fourth-order valence-corrected chi connectivity index (χ4v) is 3.77. The van der Waals surface area contributed by atoms with Crippen LogP contribution < -0.4 is 10.6 Å². The number of nitrogens with one attached hydrogen (secondary N) is 2. The lowest BCUT2D eigenvalue weighted by molar-refractivity contribution is 0.128. The summed E-state index contributed by atoms with van der Waals surface area (Å²) in [4.78, 5) is 7.36. The number of piperidine rings is 1. The second-order valence-electron chi connectivity index (χ2n) is 7.15. The van der Waals surface area contributed by atoms with Crippen LogP contribution in [-0.2, 0) is 31.2 Å².